The summed E-state index contributed by atoms with van der Waals surface area (Å²) in [5.41, 5.74) is 5.06. The minimum Gasteiger partial charge on any atom is -0.464 e. The summed E-state index contributed by atoms with van der Waals surface area (Å²) in [7, 11) is 1.41. The van der Waals surface area contributed by atoms with E-state index in [1.54, 1.807) is 0 Å². The molecule has 0 amide bonds. The van der Waals surface area contributed by atoms with Crippen LogP contribution in [0.5, 0.6) is 0 Å². The number of carbonyl (C=O) groups excluding carboxylic acids is 1. The molecule has 3 rings (SSSR count). The lowest BCUT2D eigenvalue weighted by Crippen LogP contribution is -2.15. The fraction of sp³-hybridized carbons (Fsp3) is 0.565. The Hall–Kier alpha value is -2.10. The Morgan fingerprint density at radius 3 is 2.48 bits per heavy atom. The second kappa shape index (κ2) is 7.87. The lowest BCUT2D eigenvalue weighted by atomic mass is 9.85. The van der Waals surface area contributed by atoms with Gasteiger partial charge in [-0.1, -0.05) is 58.9 Å². The molecule has 1 heterocycles. The molecule has 1 saturated carbocycles. The monoisotopic (exact) mass is 368 g/mol. The number of carbonyl (C=O) groups is 1. The maximum Gasteiger partial charge on any atom is 0.358 e. The molecule has 4 nitrogen and oxygen atoms in total. The molecule has 0 radical (unpaired) electrons. The third-order valence-electron chi connectivity index (χ3n) is 5.57. The van der Waals surface area contributed by atoms with E-state index in [2.05, 4.69) is 51.0 Å². The van der Waals surface area contributed by atoms with E-state index in [0.717, 1.165) is 17.8 Å². The molecular weight excluding hydrogens is 336 g/mol. The van der Waals surface area contributed by atoms with Crippen molar-refractivity contribution in [3.8, 4) is 5.69 Å². The summed E-state index contributed by atoms with van der Waals surface area (Å²) in [5.74, 6) is 0.300. The van der Waals surface area contributed by atoms with Crippen LogP contribution in [0.3, 0.4) is 0 Å². The highest BCUT2D eigenvalue weighted by Crippen LogP contribution is 2.30. The first-order valence-corrected chi connectivity index (χ1v) is 10.1. The van der Waals surface area contributed by atoms with Crippen LogP contribution in [0.4, 0.5) is 0 Å². The Morgan fingerprint density at radius 1 is 1.15 bits per heavy atom. The van der Waals surface area contributed by atoms with E-state index in [1.807, 2.05) is 10.7 Å². The first-order chi connectivity index (χ1) is 12.8. The van der Waals surface area contributed by atoms with Gasteiger partial charge in [-0.05, 0) is 54.0 Å². The van der Waals surface area contributed by atoms with Crippen molar-refractivity contribution in [1.29, 1.82) is 0 Å². The minimum atomic E-state index is -0.373. The van der Waals surface area contributed by atoms with Crippen molar-refractivity contribution in [3.05, 3.63) is 46.8 Å². The van der Waals surface area contributed by atoms with Gasteiger partial charge in [0.05, 0.1) is 12.8 Å². The molecule has 0 bridgehead atoms. The van der Waals surface area contributed by atoms with Gasteiger partial charge < -0.3 is 4.74 Å². The van der Waals surface area contributed by atoms with Crippen LogP contribution in [0, 0.1) is 12.8 Å². The summed E-state index contributed by atoms with van der Waals surface area (Å²) in [6.45, 7) is 8.77. The van der Waals surface area contributed by atoms with Crippen molar-refractivity contribution in [1.82, 2.24) is 9.78 Å². The molecule has 2 aromatic rings. The van der Waals surface area contributed by atoms with Crippen LogP contribution in [-0.2, 0) is 16.6 Å². The van der Waals surface area contributed by atoms with Crippen molar-refractivity contribution in [2.45, 2.75) is 71.6 Å². The topological polar surface area (TPSA) is 44.1 Å². The maximum absolute atomic E-state index is 12.1. The fourth-order valence-corrected chi connectivity index (χ4v) is 4.00. The lowest BCUT2D eigenvalue weighted by Gasteiger charge is -2.23. The van der Waals surface area contributed by atoms with Gasteiger partial charge in [0, 0.05) is 5.69 Å². The zero-order valence-electron chi connectivity index (χ0n) is 17.3. The minimum absolute atomic E-state index is 0.0582. The van der Waals surface area contributed by atoms with E-state index < -0.39 is 0 Å². The first kappa shape index (κ1) is 19.7. The fourth-order valence-electron chi connectivity index (χ4n) is 4.00. The van der Waals surface area contributed by atoms with Crippen LogP contribution in [-0.4, -0.2) is 22.9 Å². The average molecular weight is 369 g/mol. The number of esters is 1. The van der Waals surface area contributed by atoms with E-state index >= 15 is 0 Å². The second-order valence-corrected chi connectivity index (χ2v) is 8.94. The number of ether oxygens (including phenoxy) is 1. The quantitative estimate of drug-likeness (QED) is 0.680. The molecule has 0 N–H and O–H groups in total. The molecule has 27 heavy (non-hydrogen) atoms. The molecule has 0 unspecified atom stereocenters. The highest BCUT2D eigenvalue weighted by Gasteiger charge is 2.22. The summed E-state index contributed by atoms with van der Waals surface area (Å²) in [6, 6.07) is 8.49. The van der Waals surface area contributed by atoms with Crippen molar-refractivity contribution >= 4 is 5.97 Å². The number of methoxy groups -OCH3 is 1. The number of hydrogen-bond donors (Lipinski definition) is 0. The summed E-state index contributed by atoms with van der Waals surface area (Å²) < 4.78 is 6.88. The number of aryl methyl sites for hydroxylation is 1. The van der Waals surface area contributed by atoms with Crippen LogP contribution < -0.4 is 0 Å². The second-order valence-electron chi connectivity index (χ2n) is 8.94. The largest absolute Gasteiger partial charge is 0.464 e. The summed E-state index contributed by atoms with van der Waals surface area (Å²) in [5, 5.41) is 4.62. The third kappa shape index (κ3) is 4.60. The molecule has 146 valence electrons. The Kier molecular flexibility index (Phi) is 5.73. The Labute approximate surface area is 162 Å². The summed E-state index contributed by atoms with van der Waals surface area (Å²) >= 11 is 0. The zero-order valence-corrected chi connectivity index (χ0v) is 17.3. The molecule has 0 atom stereocenters. The van der Waals surface area contributed by atoms with Gasteiger partial charge in [-0.2, -0.15) is 5.10 Å². The number of benzene rings is 1. The van der Waals surface area contributed by atoms with Crippen LogP contribution in [0.15, 0.2) is 24.3 Å². The van der Waals surface area contributed by atoms with Gasteiger partial charge in [0.1, 0.15) is 0 Å². The highest BCUT2D eigenvalue weighted by molar-refractivity contribution is 5.87. The number of hydrogen-bond acceptors (Lipinski definition) is 3. The molecule has 4 heteroatoms. The van der Waals surface area contributed by atoms with Gasteiger partial charge in [-0.15, -0.1) is 0 Å². The average Bonchev–Trinajstić information content (AvgIpc) is 3.04. The van der Waals surface area contributed by atoms with Crippen LogP contribution in [0.25, 0.3) is 5.69 Å². The standard InChI is InChI=1S/C23H32N2O2/c1-16-11-18(23(2,3)4)14-19(12-16)25-20(13-17-9-7-6-8-10-17)15-21(24-25)22(26)27-5/h11-12,14-15,17H,6-10,13H2,1-5H3. The Balaban J connectivity index is 2.03. The van der Waals surface area contributed by atoms with E-state index in [0.29, 0.717) is 11.6 Å². The van der Waals surface area contributed by atoms with Crippen molar-refractivity contribution < 1.29 is 9.53 Å². The molecule has 0 aliphatic heterocycles. The molecule has 1 aromatic heterocycles. The van der Waals surface area contributed by atoms with E-state index in [4.69, 9.17) is 4.74 Å². The predicted octanol–water partition coefficient (Wildman–Crippen LogP) is 5.39. The van der Waals surface area contributed by atoms with Crippen LogP contribution in [0.2, 0.25) is 0 Å². The molecule has 1 aromatic carbocycles. The Morgan fingerprint density at radius 2 is 1.85 bits per heavy atom. The summed E-state index contributed by atoms with van der Waals surface area (Å²) in [6.07, 6.45) is 7.45. The molecule has 1 fully saturated rings. The Bertz CT molecular complexity index is 808. The predicted molar refractivity (Wildman–Crippen MR) is 109 cm³/mol. The maximum atomic E-state index is 12.1. The molecule has 1 aliphatic rings. The molecule has 0 spiro atoms. The highest BCUT2D eigenvalue weighted by atomic mass is 16.5. The normalized spacial score (nSPS) is 15.7. The van der Waals surface area contributed by atoms with Crippen molar-refractivity contribution in [2.75, 3.05) is 7.11 Å². The SMILES string of the molecule is COC(=O)c1cc(CC2CCCCC2)n(-c2cc(C)cc(C(C)(C)C)c2)n1. The third-order valence-corrected chi connectivity index (χ3v) is 5.57. The van der Waals surface area contributed by atoms with Gasteiger partial charge in [0.2, 0.25) is 0 Å². The number of aromatic nitrogens is 2. The zero-order chi connectivity index (χ0) is 19.6. The van der Waals surface area contributed by atoms with E-state index in [1.165, 1.54) is 50.3 Å². The van der Waals surface area contributed by atoms with E-state index in [-0.39, 0.29) is 11.4 Å². The first-order valence-electron chi connectivity index (χ1n) is 10.1. The van der Waals surface area contributed by atoms with Gasteiger partial charge >= 0.3 is 5.97 Å². The van der Waals surface area contributed by atoms with Gasteiger partial charge in [-0.3, -0.25) is 0 Å². The smallest absolute Gasteiger partial charge is 0.358 e. The lowest BCUT2D eigenvalue weighted by molar-refractivity contribution is 0.0593. The van der Waals surface area contributed by atoms with Crippen molar-refractivity contribution in [2.24, 2.45) is 5.92 Å². The number of nitrogens with zero attached hydrogens (tertiary/aromatic N) is 2. The molecular formula is C23H32N2O2. The van der Waals surface area contributed by atoms with Crippen molar-refractivity contribution in [3.63, 3.8) is 0 Å². The van der Waals surface area contributed by atoms with E-state index in [9.17, 15) is 4.79 Å². The van der Waals surface area contributed by atoms with Gasteiger partial charge in [-0.25, -0.2) is 9.48 Å². The van der Waals surface area contributed by atoms with Gasteiger partial charge in [0.25, 0.3) is 0 Å². The van der Waals surface area contributed by atoms with Gasteiger partial charge in [0.15, 0.2) is 5.69 Å². The molecule has 1 aliphatic carbocycles. The van der Waals surface area contributed by atoms with Crippen LogP contribution >= 0.6 is 0 Å². The van der Waals surface area contributed by atoms with Crippen LogP contribution in [0.1, 0.15) is 80.2 Å². The summed E-state index contributed by atoms with van der Waals surface area (Å²) in [4.78, 5) is 12.1. The number of rotatable bonds is 4. The molecule has 0 saturated heterocycles.